The van der Waals surface area contributed by atoms with Crippen LogP contribution >= 0.6 is 0 Å². The second-order valence-electron chi connectivity index (χ2n) is 6.70. The summed E-state index contributed by atoms with van der Waals surface area (Å²) in [6.45, 7) is 8.34. The molecule has 0 aliphatic carbocycles. The number of ether oxygens (including phenoxy) is 1. The van der Waals surface area contributed by atoms with Crippen LogP contribution in [0.5, 0.6) is 0 Å². The summed E-state index contributed by atoms with van der Waals surface area (Å²) in [6, 6.07) is 9.44. The number of Topliss-reactive ketones (excluding diaryl/α,β-unsaturated/α-hetero) is 1. The van der Waals surface area contributed by atoms with Crippen LogP contribution < -0.4 is 5.32 Å². The minimum atomic E-state index is -0.583. The predicted octanol–water partition coefficient (Wildman–Crippen LogP) is 2.99. The summed E-state index contributed by atoms with van der Waals surface area (Å²) in [5.74, 6) is -0.00392. The van der Waals surface area contributed by atoms with E-state index in [2.05, 4.69) is 5.32 Å². The van der Waals surface area contributed by atoms with Crippen molar-refractivity contribution in [1.82, 2.24) is 10.2 Å². The second-order valence-corrected chi connectivity index (χ2v) is 6.70. The topological polar surface area (TPSA) is 58.6 Å². The smallest absolute Gasteiger partial charge is 0.408 e. The number of likely N-dealkylation sites (N-methyl/N-ethyl adjacent to an activating group) is 1. The zero-order valence-corrected chi connectivity index (χ0v) is 14.8. The molecule has 1 amide bonds. The number of benzene rings is 1. The van der Waals surface area contributed by atoms with Crippen LogP contribution in [0.15, 0.2) is 30.3 Å². The zero-order valence-electron chi connectivity index (χ0n) is 14.8. The molecule has 1 aromatic rings. The van der Waals surface area contributed by atoms with Crippen molar-refractivity contribution in [3.63, 3.8) is 0 Å². The third kappa shape index (κ3) is 7.79. The Bertz CT molecular complexity index is 509. The number of ketones is 1. The normalized spacial score (nSPS) is 12.8. The highest BCUT2D eigenvalue weighted by Gasteiger charge is 2.24. The maximum atomic E-state index is 12.1. The van der Waals surface area contributed by atoms with Crippen molar-refractivity contribution < 1.29 is 14.3 Å². The molecule has 0 aliphatic rings. The van der Waals surface area contributed by atoms with Crippen LogP contribution in [0.4, 0.5) is 4.79 Å². The SMILES string of the molecule is CCC(=O)C(CN(C)Cc1ccccc1)NC(=O)OC(C)(C)C. The maximum Gasteiger partial charge on any atom is 0.408 e. The second kappa shape index (κ2) is 8.67. The number of rotatable bonds is 7. The summed E-state index contributed by atoms with van der Waals surface area (Å²) < 4.78 is 5.24. The summed E-state index contributed by atoms with van der Waals surface area (Å²) >= 11 is 0. The van der Waals surface area contributed by atoms with Gasteiger partial charge in [-0.2, -0.15) is 0 Å². The molecular weight excluding hydrogens is 292 g/mol. The molecule has 1 atom stereocenters. The van der Waals surface area contributed by atoms with E-state index < -0.39 is 17.7 Å². The van der Waals surface area contributed by atoms with Crippen molar-refractivity contribution >= 4 is 11.9 Å². The minimum absolute atomic E-state index is 0.00392. The number of hydrogen-bond acceptors (Lipinski definition) is 4. The highest BCUT2D eigenvalue weighted by molar-refractivity contribution is 5.87. The van der Waals surface area contributed by atoms with Crippen molar-refractivity contribution in [3.8, 4) is 0 Å². The molecule has 0 fully saturated rings. The molecule has 0 saturated carbocycles. The molecule has 128 valence electrons. The Morgan fingerprint density at radius 1 is 1.22 bits per heavy atom. The summed E-state index contributed by atoms with van der Waals surface area (Å²) in [6.07, 6.45) is -0.183. The Hall–Kier alpha value is -1.88. The fraction of sp³-hybridized carbons (Fsp3) is 0.556. The molecule has 0 saturated heterocycles. The molecule has 0 radical (unpaired) electrons. The van der Waals surface area contributed by atoms with E-state index in [9.17, 15) is 9.59 Å². The largest absolute Gasteiger partial charge is 0.444 e. The molecule has 1 N–H and O–H groups in total. The standard InChI is InChI=1S/C18H28N2O3/c1-6-16(21)15(19-17(22)23-18(2,3)4)13-20(5)12-14-10-8-7-9-11-14/h7-11,15H,6,12-13H2,1-5H3,(H,19,22). The number of nitrogens with zero attached hydrogens (tertiary/aromatic N) is 1. The number of amides is 1. The van der Waals surface area contributed by atoms with Crippen molar-refractivity contribution in [3.05, 3.63) is 35.9 Å². The molecule has 1 unspecified atom stereocenters. The lowest BCUT2D eigenvalue weighted by atomic mass is 10.1. The fourth-order valence-electron chi connectivity index (χ4n) is 2.20. The Morgan fingerprint density at radius 3 is 2.35 bits per heavy atom. The average molecular weight is 320 g/mol. The molecule has 23 heavy (non-hydrogen) atoms. The lowest BCUT2D eigenvalue weighted by Crippen LogP contribution is -2.48. The maximum absolute atomic E-state index is 12.1. The van der Waals surface area contributed by atoms with Crippen molar-refractivity contribution in [2.75, 3.05) is 13.6 Å². The molecule has 0 bridgehead atoms. The molecule has 0 heterocycles. The monoisotopic (exact) mass is 320 g/mol. The molecule has 5 heteroatoms. The van der Waals surface area contributed by atoms with Gasteiger partial charge in [-0.25, -0.2) is 4.79 Å². The van der Waals surface area contributed by atoms with Gasteiger partial charge in [0.05, 0.1) is 0 Å². The van der Waals surface area contributed by atoms with Gasteiger partial charge in [0.1, 0.15) is 11.6 Å². The van der Waals surface area contributed by atoms with Crippen LogP contribution in [0.2, 0.25) is 0 Å². The quantitative estimate of drug-likeness (QED) is 0.839. The Labute approximate surface area is 139 Å². The summed E-state index contributed by atoms with van der Waals surface area (Å²) in [4.78, 5) is 26.0. The first-order chi connectivity index (χ1) is 10.7. The molecule has 0 spiro atoms. The van der Waals surface area contributed by atoms with Crippen molar-refractivity contribution in [1.29, 1.82) is 0 Å². The van der Waals surface area contributed by atoms with Gasteiger partial charge in [-0.15, -0.1) is 0 Å². The molecular formula is C18H28N2O3. The van der Waals surface area contributed by atoms with Crippen molar-refractivity contribution in [2.45, 2.75) is 52.3 Å². The summed E-state index contributed by atoms with van der Waals surface area (Å²) in [7, 11) is 1.93. The van der Waals surface area contributed by atoms with Gasteiger partial charge >= 0.3 is 6.09 Å². The third-order valence-electron chi connectivity index (χ3n) is 3.22. The lowest BCUT2D eigenvalue weighted by Gasteiger charge is -2.26. The number of carbonyl (C=O) groups excluding carboxylic acids is 2. The Kier molecular flexibility index (Phi) is 7.23. The van der Waals surface area contributed by atoms with E-state index in [0.29, 0.717) is 19.5 Å². The third-order valence-corrected chi connectivity index (χ3v) is 3.22. The van der Waals surface area contributed by atoms with Gasteiger partial charge in [0.25, 0.3) is 0 Å². The molecule has 0 aromatic heterocycles. The number of alkyl carbamates (subject to hydrolysis) is 1. The first-order valence-corrected chi connectivity index (χ1v) is 7.96. The van der Waals surface area contributed by atoms with Gasteiger partial charge in [0.15, 0.2) is 5.78 Å². The van der Waals surface area contributed by atoms with Crippen LogP contribution in [-0.4, -0.2) is 42.0 Å². The number of nitrogens with one attached hydrogen (secondary N) is 1. The van der Waals surface area contributed by atoms with E-state index in [1.807, 2.05) is 42.3 Å². The molecule has 0 aliphatic heterocycles. The molecule has 5 nitrogen and oxygen atoms in total. The van der Waals surface area contributed by atoms with E-state index >= 15 is 0 Å². The summed E-state index contributed by atoms with van der Waals surface area (Å²) in [5.41, 5.74) is 0.579. The van der Waals surface area contributed by atoms with Crippen LogP contribution in [0, 0.1) is 0 Å². The highest BCUT2D eigenvalue weighted by atomic mass is 16.6. The minimum Gasteiger partial charge on any atom is -0.444 e. The number of hydrogen-bond donors (Lipinski definition) is 1. The van der Waals surface area contributed by atoms with E-state index in [0.717, 1.165) is 5.56 Å². The average Bonchev–Trinajstić information content (AvgIpc) is 2.44. The van der Waals surface area contributed by atoms with E-state index in [1.54, 1.807) is 27.7 Å². The van der Waals surface area contributed by atoms with E-state index in [1.165, 1.54) is 0 Å². The van der Waals surface area contributed by atoms with Gasteiger partial charge in [0.2, 0.25) is 0 Å². The van der Waals surface area contributed by atoms with Gasteiger partial charge in [-0.3, -0.25) is 9.69 Å². The first-order valence-electron chi connectivity index (χ1n) is 7.96. The Morgan fingerprint density at radius 2 is 1.83 bits per heavy atom. The van der Waals surface area contributed by atoms with E-state index in [-0.39, 0.29) is 5.78 Å². The van der Waals surface area contributed by atoms with Crippen LogP contribution in [0.3, 0.4) is 0 Å². The van der Waals surface area contributed by atoms with Gasteiger partial charge in [-0.05, 0) is 33.4 Å². The van der Waals surface area contributed by atoms with Crippen LogP contribution in [0.25, 0.3) is 0 Å². The summed E-state index contributed by atoms with van der Waals surface area (Å²) in [5, 5.41) is 2.69. The van der Waals surface area contributed by atoms with Crippen LogP contribution in [-0.2, 0) is 16.1 Å². The van der Waals surface area contributed by atoms with Gasteiger partial charge < -0.3 is 10.1 Å². The lowest BCUT2D eigenvalue weighted by molar-refractivity contribution is -0.121. The Balaban J connectivity index is 2.63. The first kappa shape index (κ1) is 19.2. The number of carbonyl (C=O) groups is 2. The zero-order chi connectivity index (χ0) is 17.5. The van der Waals surface area contributed by atoms with E-state index in [4.69, 9.17) is 4.74 Å². The predicted molar refractivity (Wildman–Crippen MR) is 91.2 cm³/mol. The molecule has 1 rings (SSSR count). The van der Waals surface area contributed by atoms with Crippen molar-refractivity contribution in [2.24, 2.45) is 0 Å². The van der Waals surface area contributed by atoms with Gasteiger partial charge in [0, 0.05) is 19.5 Å². The highest BCUT2D eigenvalue weighted by Crippen LogP contribution is 2.08. The fourth-order valence-corrected chi connectivity index (χ4v) is 2.20. The van der Waals surface area contributed by atoms with Crippen LogP contribution in [0.1, 0.15) is 39.7 Å². The van der Waals surface area contributed by atoms with Gasteiger partial charge in [-0.1, -0.05) is 37.3 Å². The molecule has 1 aromatic carbocycles.